The molecular formula is C31H46N6O9. The van der Waals surface area contributed by atoms with E-state index in [1.165, 1.54) is 9.80 Å². The van der Waals surface area contributed by atoms with E-state index in [-0.39, 0.29) is 13.1 Å². The molecule has 1 aromatic heterocycles. The van der Waals surface area contributed by atoms with Crippen molar-refractivity contribution in [3.05, 3.63) is 24.5 Å². The molecule has 0 bridgehead atoms. The van der Waals surface area contributed by atoms with E-state index in [4.69, 9.17) is 19.9 Å². The quantitative estimate of drug-likeness (QED) is 0.217. The SMILES string of the molecule is COC(=O)C[C@@H]1C(=O)N(CC(=O)OC(C)(C)C)CCN1C(=O)[C@@](N)(CC(=O)N1CCN(c2ccncc2)CC1)C(=O)OC(C)(C)C. The van der Waals surface area contributed by atoms with Gasteiger partial charge < -0.3 is 39.5 Å². The van der Waals surface area contributed by atoms with E-state index in [9.17, 15) is 28.8 Å². The average Bonchev–Trinajstić information content (AvgIpc) is 2.97. The van der Waals surface area contributed by atoms with Gasteiger partial charge in [0.1, 0.15) is 23.8 Å². The van der Waals surface area contributed by atoms with E-state index in [1.54, 1.807) is 53.9 Å². The summed E-state index contributed by atoms with van der Waals surface area (Å²) in [4.78, 5) is 89.8. The summed E-state index contributed by atoms with van der Waals surface area (Å²) in [6.45, 7) is 10.7. The molecule has 3 heterocycles. The first-order chi connectivity index (χ1) is 21.3. The van der Waals surface area contributed by atoms with Crippen molar-refractivity contribution in [3.8, 4) is 0 Å². The number of esters is 3. The lowest BCUT2D eigenvalue weighted by Gasteiger charge is -2.43. The van der Waals surface area contributed by atoms with Gasteiger partial charge in [0.25, 0.3) is 5.91 Å². The summed E-state index contributed by atoms with van der Waals surface area (Å²) in [5, 5.41) is 0. The first-order valence-electron chi connectivity index (χ1n) is 15.2. The molecule has 2 N–H and O–H groups in total. The van der Waals surface area contributed by atoms with Crippen molar-refractivity contribution in [2.75, 3.05) is 57.8 Å². The number of ether oxygens (including phenoxy) is 3. The van der Waals surface area contributed by atoms with Crippen LogP contribution in [-0.2, 0) is 43.0 Å². The van der Waals surface area contributed by atoms with Crippen molar-refractivity contribution >= 4 is 41.3 Å². The number of anilines is 1. The number of methoxy groups -OCH3 is 1. The van der Waals surface area contributed by atoms with Crippen LogP contribution >= 0.6 is 0 Å². The first-order valence-corrected chi connectivity index (χ1v) is 15.2. The van der Waals surface area contributed by atoms with Crippen LogP contribution in [0.5, 0.6) is 0 Å². The summed E-state index contributed by atoms with van der Waals surface area (Å²) in [7, 11) is 1.13. The Hall–Kier alpha value is -4.27. The molecule has 2 atom stereocenters. The molecule has 0 radical (unpaired) electrons. The fourth-order valence-corrected chi connectivity index (χ4v) is 5.19. The number of rotatable bonds is 9. The molecule has 2 aliphatic heterocycles. The van der Waals surface area contributed by atoms with Gasteiger partial charge in [0.15, 0.2) is 0 Å². The monoisotopic (exact) mass is 646 g/mol. The van der Waals surface area contributed by atoms with Crippen LogP contribution in [0.4, 0.5) is 5.69 Å². The maximum absolute atomic E-state index is 14.2. The van der Waals surface area contributed by atoms with Crippen LogP contribution in [0.2, 0.25) is 0 Å². The predicted molar refractivity (Wildman–Crippen MR) is 165 cm³/mol. The van der Waals surface area contributed by atoms with Gasteiger partial charge in [-0.2, -0.15) is 0 Å². The smallest absolute Gasteiger partial charge is 0.337 e. The van der Waals surface area contributed by atoms with Gasteiger partial charge in [-0.15, -0.1) is 0 Å². The minimum Gasteiger partial charge on any atom is -0.469 e. The van der Waals surface area contributed by atoms with Crippen LogP contribution in [0.1, 0.15) is 54.4 Å². The Morgan fingerprint density at radius 1 is 0.870 bits per heavy atom. The third kappa shape index (κ3) is 9.37. The summed E-state index contributed by atoms with van der Waals surface area (Å²) in [5.74, 6) is -4.96. The van der Waals surface area contributed by atoms with Crippen LogP contribution in [0.25, 0.3) is 0 Å². The van der Waals surface area contributed by atoms with Gasteiger partial charge in [-0.3, -0.25) is 29.0 Å². The van der Waals surface area contributed by atoms with Crippen molar-refractivity contribution in [2.45, 2.75) is 77.2 Å². The normalized spacial score (nSPS) is 18.9. The van der Waals surface area contributed by atoms with Crippen molar-refractivity contribution in [1.82, 2.24) is 19.7 Å². The molecule has 15 nitrogen and oxygen atoms in total. The number of piperazine rings is 2. The highest BCUT2D eigenvalue weighted by Gasteiger charge is 2.53. The molecule has 0 saturated carbocycles. The van der Waals surface area contributed by atoms with Crippen LogP contribution < -0.4 is 10.6 Å². The number of nitrogens with zero attached hydrogens (tertiary/aromatic N) is 5. The van der Waals surface area contributed by atoms with Crippen molar-refractivity contribution in [1.29, 1.82) is 0 Å². The molecule has 46 heavy (non-hydrogen) atoms. The molecule has 0 spiro atoms. The fraction of sp³-hybridized carbons (Fsp3) is 0.645. The number of pyridine rings is 1. The summed E-state index contributed by atoms with van der Waals surface area (Å²) < 4.78 is 15.6. The Morgan fingerprint density at radius 2 is 1.46 bits per heavy atom. The zero-order valence-corrected chi connectivity index (χ0v) is 27.7. The molecule has 0 unspecified atom stereocenters. The van der Waals surface area contributed by atoms with Gasteiger partial charge in [-0.1, -0.05) is 0 Å². The van der Waals surface area contributed by atoms with Crippen LogP contribution in [0, 0.1) is 0 Å². The zero-order chi connectivity index (χ0) is 34.4. The van der Waals surface area contributed by atoms with Crippen molar-refractivity contribution in [2.24, 2.45) is 5.73 Å². The van der Waals surface area contributed by atoms with Gasteiger partial charge in [0.2, 0.25) is 17.4 Å². The van der Waals surface area contributed by atoms with E-state index < -0.39 is 77.8 Å². The van der Waals surface area contributed by atoms with Gasteiger partial charge in [-0.25, -0.2) is 4.79 Å². The third-order valence-corrected chi connectivity index (χ3v) is 7.41. The van der Waals surface area contributed by atoms with Crippen LogP contribution in [0.3, 0.4) is 0 Å². The Morgan fingerprint density at radius 3 is 2.00 bits per heavy atom. The summed E-state index contributed by atoms with van der Waals surface area (Å²) in [6, 6.07) is 2.27. The maximum atomic E-state index is 14.2. The van der Waals surface area contributed by atoms with Crippen LogP contribution in [0.15, 0.2) is 24.5 Å². The standard InChI is InChI=1S/C31H46N6O9/c1-29(2,3)45-25(40)20-36-16-17-37(22(26(36)41)18-24(39)44-7)27(42)31(32,28(43)46-30(4,5)6)19-23(38)35-14-12-34(13-15-35)21-8-10-33-11-9-21/h8-11,22H,12-20,32H2,1-7H3/t22-,31+/m1/s1. The number of aromatic nitrogens is 1. The fourth-order valence-electron chi connectivity index (χ4n) is 5.19. The molecule has 0 aromatic carbocycles. The van der Waals surface area contributed by atoms with Gasteiger partial charge in [-0.05, 0) is 53.7 Å². The van der Waals surface area contributed by atoms with Crippen LogP contribution in [-0.4, -0.2) is 131 Å². The molecule has 1 aromatic rings. The summed E-state index contributed by atoms with van der Waals surface area (Å²) in [6.07, 6.45) is 2.06. The second-order valence-electron chi connectivity index (χ2n) is 13.4. The Bertz CT molecular complexity index is 1300. The molecule has 3 amide bonds. The highest BCUT2D eigenvalue weighted by molar-refractivity contribution is 6.11. The number of carbonyl (C=O) groups is 6. The second-order valence-corrected chi connectivity index (χ2v) is 13.4. The van der Waals surface area contributed by atoms with Gasteiger partial charge in [0.05, 0.1) is 20.0 Å². The number of nitrogens with two attached hydrogens (primary N) is 1. The first kappa shape index (κ1) is 36.2. The van der Waals surface area contributed by atoms with Gasteiger partial charge in [0, 0.05) is 57.3 Å². The highest BCUT2D eigenvalue weighted by atomic mass is 16.6. The number of hydrogen-bond donors (Lipinski definition) is 1. The van der Waals surface area contributed by atoms with E-state index >= 15 is 0 Å². The third-order valence-electron chi connectivity index (χ3n) is 7.41. The molecule has 3 rings (SSSR count). The molecular weight excluding hydrogens is 600 g/mol. The number of amides is 3. The van der Waals surface area contributed by atoms with E-state index in [1.807, 2.05) is 12.1 Å². The number of carbonyl (C=O) groups excluding carboxylic acids is 6. The molecule has 254 valence electrons. The lowest BCUT2D eigenvalue weighted by Crippen LogP contribution is -2.69. The Kier molecular flexibility index (Phi) is 11.4. The summed E-state index contributed by atoms with van der Waals surface area (Å²) in [5.41, 5.74) is 3.13. The lowest BCUT2D eigenvalue weighted by molar-refractivity contribution is -0.173. The average molecular weight is 647 g/mol. The van der Waals surface area contributed by atoms with E-state index in [0.29, 0.717) is 26.2 Å². The molecule has 2 aliphatic rings. The van der Waals surface area contributed by atoms with E-state index in [0.717, 1.165) is 17.7 Å². The molecule has 15 heteroatoms. The maximum Gasteiger partial charge on any atom is 0.337 e. The summed E-state index contributed by atoms with van der Waals surface area (Å²) >= 11 is 0. The Balaban J connectivity index is 1.86. The van der Waals surface area contributed by atoms with E-state index in [2.05, 4.69) is 9.88 Å². The minimum atomic E-state index is -2.52. The highest BCUT2D eigenvalue weighted by Crippen LogP contribution is 2.26. The zero-order valence-electron chi connectivity index (χ0n) is 27.7. The Labute approximate surface area is 269 Å². The van der Waals surface area contributed by atoms with Crippen molar-refractivity contribution in [3.63, 3.8) is 0 Å². The van der Waals surface area contributed by atoms with Gasteiger partial charge >= 0.3 is 17.9 Å². The second kappa shape index (κ2) is 14.4. The largest absolute Gasteiger partial charge is 0.469 e. The van der Waals surface area contributed by atoms with Crippen molar-refractivity contribution < 1.29 is 43.0 Å². The minimum absolute atomic E-state index is 0.114. The lowest BCUT2D eigenvalue weighted by atomic mass is 9.91. The molecule has 0 aliphatic carbocycles. The topological polar surface area (TPSA) is 182 Å². The molecule has 2 fully saturated rings. The number of hydrogen-bond acceptors (Lipinski definition) is 12. The predicted octanol–water partition coefficient (Wildman–Crippen LogP) is 0.104. The molecule has 2 saturated heterocycles.